The quantitative estimate of drug-likeness (QED) is 0.694. The van der Waals surface area contributed by atoms with Crippen molar-refractivity contribution in [3.05, 3.63) is 29.8 Å². The number of hydrogen-bond acceptors (Lipinski definition) is 5. The molecule has 28 heavy (non-hydrogen) atoms. The molecule has 0 unspecified atom stereocenters. The summed E-state index contributed by atoms with van der Waals surface area (Å²) in [5.74, 6) is -0.227. The first-order chi connectivity index (χ1) is 13.6. The summed E-state index contributed by atoms with van der Waals surface area (Å²) in [5, 5.41) is 2.90. The van der Waals surface area contributed by atoms with E-state index in [2.05, 4.69) is 10.2 Å². The first-order valence-corrected chi connectivity index (χ1v) is 11.7. The van der Waals surface area contributed by atoms with Gasteiger partial charge in [-0.15, -0.1) is 0 Å². The SMILES string of the molecule is O=C(NCCCN1CCOCC1)c1cccc(S(=O)(=O)N2CCCCCC2)c1. The normalized spacial score (nSPS) is 19.9. The number of nitrogens with zero attached hydrogens (tertiary/aromatic N) is 2. The van der Waals surface area contributed by atoms with Crippen molar-refractivity contribution in [3.63, 3.8) is 0 Å². The van der Waals surface area contributed by atoms with Crippen molar-refractivity contribution in [1.82, 2.24) is 14.5 Å². The van der Waals surface area contributed by atoms with Crippen LogP contribution in [0.4, 0.5) is 0 Å². The van der Waals surface area contributed by atoms with Gasteiger partial charge in [0, 0.05) is 38.3 Å². The van der Waals surface area contributed by atoms with E-state index in [4.69, 9.17) is 4.74 Å². The van der Waals surface area contributed by atoms with Crippen molar-refractivity contribution >= 4 is 15.9 Å². The second-order valence-corrected chi connectivity index (χ2v) is 9.35. The van der Waals surface area contributed by atoms with Gasteiger partial charge in [-0.05, 0) is 44.0 Å². The zero-order chi connectivity index (χ0) is 19.8. The molecule has 1 aromatic rings. The summed E-state index contributed by atoms with van der Waals surface area (Å²) in [6.07, 6.45) is 4.78. The molecular weight excluding hydrogens is 378 g/mol. The van der Waals surface area contributed by atoms with Gasteiger partial charge in [0.25, 0.3) is 5.91 Å². The topological polar surface area (TPSA) is 79.0 Å². The molecule has 7 nitrogen and oxygen atoms in total. The van der Waals surface area contributed by atoms with Gasteiger partial charge in [-0.3, -0.25) is 9.69 Å². The van der Waals surface area contributed by atoms with Gasteiger partial charge in [-0.2, -0.15) is 4.31 Å². The fraction of sp³-hybridized carbons (Fsp3) is 0.650. The van der Waals surface area contributed by atoms with Crippen LogP contribution in [0.1, 0.15) is 42.5 Å². The highest BCUT2D eigenvalue weighted by molar-refractivity contribution is 7.89. The molecule has 1 amide bonds. The largest absolute Gasteiger partial charge is 0.379 e. The Labute approximate surface area is 168 Å². The summed E-state index contributed by atoms with van der Waals surface area (Å²) in [6.45, 7) is 6.01. The van der Waals surface area contributed by atoms with Crippen LogP contribution < -0.4 is 5.32 Å². The second kappa shape index (κ2) is 10.3. The van der Waals surface area contributed by atoms with E-state index in [1.54, 1.807) is 22.5 Å². The molecule has 0 aromatic heterocycles. The first kappa shape index (κ1) is 21.2. The fourth-order valence-corrected chi connectivity index (χ4v) is 5.22. The number of morpholine rings is 1. The van der Waals surface area contributed by atoms with Gasteiger partial charge in [-0.1, -0.05) is 18.9 Å². The Bertz CT molecular complexity index is 740. The summed E-state index contributed by atoms with van der Waals surface area (Å²) in [6, 6.07) is 6.39. The number of amides is 1. The average Bonchev–Trinajstić information content (AvgIpc) is 3.02. The summed E-state index contributed by atoms with van der Waals surface area (Å²) in [7, 11) is -3.55. The lowest BCUT2D eigenvalue weighted by Gasteiger charge is -2.26. The van der Waals surface area contributed by atoms with Crippen LogP contribution in [0.3, 0.4) is 0 Å². The van der Waals surface area contributed by atoms with Crippen LogP contribution in [0.5, 0.6) is 0 Å². The van der Waals surface area contributed by atoms with E-state index in [0.29, 0.717) is 25.2 Å². The van der Waals surface area contributed by atoms with Gasteiger partial charge in [0.1, 0.15) is 0 Å². The molecule has 2 fully saturated rings. The maximum atomic E-state index is 12.9. The molecule has 2 aliphatic heterocycles. The smallest absolute Gasteiger partial charge is 0.251 e. The zero-order valence-corrected chi connectivity index (χ0v) is 17.3. The van der Waals surface area contributed by atoms with Crippen LogP contribution in [0.25, 0.3) is 0 Å². The molecule has 0 saturated carbocycles. The van der Waals surface area contributed by atoms with Gasteiger partial charge in [0.2, 0.25) is 10.0 Å². The van der Waals surface area contributed by atoms with Crippen molar-refractivity contribution in [2.24, 2.45) is 0 Å². The molecule has 2 heterocycles. The number of ether oxygens (including phenoxy) is 1. The zero-order valence-electron chi connectivity index (χ0n) is 16.4. The Balaban J connectivity index is 1.55. The van der Waals surface area contributed by atoms with Crippen molar-refractivity contribution in [2.75, 3.05) is 52.5 Å². The Morgan fingerprint density at radius 1 is 1.04 bits per heavy atom. The molecular formula is C20H31N3O4S. The van der Waals surface area contributed by atoms with Crippen LogP contribution >= 0.6 is 0 Å². The Kier molecular flexibility index (Phi) is 7.84. The number of hydrogen-bond donors (Lipinski definition) is 1. The van der Waals surface area contributed by atoms with Crippen molar-refractivity contribution in [2.45, 2.75) is 37.0 Å². The summed E-state index contributed by atoms with van der Waals surface area (Å²) >= 11 is 0. The Morgan fingerprint density at radius 3 is 2.46 bits per heavy atom. The summed E-state index contributed by atoms with van der Waals surface area (Å²) in [4.78, 5) is 15.0. The number of carbonyl (C=O) groups excluding carboxylic acids is 1. The van der Waals surface area contributed by atoms with E-state index in [0.717, 1.165) is 65.0 Å². The Morgan fingerprint density at radius 2 is 1.75 bits per heavy atom. The number of nitrogens with one attached hydrogen (secondary N) is 1. The Hall–Kier alpha value is -1.48. The van der Waals surface area contributed by atoms with Crippen LogP contribution in [-0.4, -0.2) is 76.0 Å². The molecule has 1 N–H and O–H groups in total. The monoisotopic (exact) mass is 409 g/mol. The fourth-order valence-electron chi connectivity index (χ4n) is 3.66. The molecule has 0 aliphatic carbocycles. The van der Waals surface area contributed by atoms with Crippen LogP contribution in [0.15, 0.2) is 29.2 Å². The van der Waals surface area contributed by atoms with Gasteiger partial charge in [0.05, 0.1) is 18.1 Å². The van der Waals surface area contributed by atoms with Gasteiger partial charge in [0.15, 0.2) is 0 Å². The second-order valence-electron chi connectivity index (χ2n) is 7.41. The van der Waals surface area contributed by atoms with Gasteiger partial charge < -0.3 is 10.1 Å². The minimum Gasteiger partial charge on any atom is -0.379 e. The highest BCUT2D eigenvalue weighted by Crippen LogP contribution is 2.21. The van der Waals surface area contributed by atoms with E-state index in [9.17, 15) is 13.2 Å². The maximum absolute atomic E-state index is 12.9. The highest BCUT2D eigenvalue weighted by Gasteiger charge is 2.25. The molecule has 156 valence electrons. The first-order valence-electron chi connectivity index (χ1n) is 10.3. The van der Waals surface area contributed by atoms with E-state index < -0.39 is 10.0 Å². The minimum atomic E-state index is -3.55. The lowest BCUT2D eigenvalue weighted by Crippen LogP contribution is -2.38. The standard InChI is InChI=1S/C20H31N3O4S/c24-20(21-9-6-10-22-13-15-27-16-14-22)18-7-5-8-19(17-18)28(25,26)23-11-3-1-2-4-12-23/h5,7-8,17H,1-4,6,9-16H2,(H,21,24). The van der Waals surface area contributed by atoms with E-state index >= 15 is 0 Å². The van der Waals surface area contributed by atoms with Crippen LogP contribution in [0, 0.1) is 0 Å². The molecule has 0 spiro atoms. The third-order valence-electron chi connectivity index (χ3n) is 5.34. The predicted molar refractivity (Wildman–Crippen MR) is 108 cm³/mol. The van der Waals surface area contributed by atoms with Crippen LogP contribution in [0.2, 0.25) is 0 Å². The number of rotatable bonds is 7. The summed E-state index contributed by atoms with van der Waals surface area (Å²) in [5.41, 5.74) is 0.391. The molecule has 8 heteroatoms. The lowest BCUT2D eigenvalue weighted by atomic mass is 10.2. The van der Waals surface area contributed by atoms with Crippen LogP contribution in [-0.2, 0) is 14.8 Å². The van der Waals surface area contributed by atoms with E-state index in [-0.39, 0.29) is 10.8 Å². The van der Waals surface area contributed by atoms with Gasteiger partial charge in [-0.25, -0.2) is 8.42 Å². The number of benzene rings is 1. The van der Waals surface area contributed by atoms with Crippen molar-refractivity contribution in [3.8, 4) is 0 Å². The predicted octanol–water partition coefficient (Wildman–Crippen LogP) is 1.70. The third-order valence-corrected chi connectivity index (χ3v) is 7.23. The lowest BCUT2D eigenvalue weighted by molar-refractivity contribution is 0.0374. The van der Waals surface area contributed by atoms with E-state index in [1.807, 2.05) is 0 Å². The average molecular weight is 410 g/mol. The maximum Gasteiger partial charge on any atom is 0.251 e. The van der Waals surface area contributed by atoms with Crippen molar-refractivity contribution in [1.29, 1.82) is 0 Å². The molecule has 2 aliphatic rings. The molecule has 2 saturated heterocycles. The third kappa shape index (κ3) is 5.76. The highest BCUT2D eigenvalue weighted by atomic mass is 32.2. The summed E-state index contributed by atoms with van der Waals surface area (Å²) < 4.78 is 32.7. The number of sulfonamides is 1. The molecule has 0 bridgehead atoms. The van der Waals surface area contributed by atoms with E-state index in [1.165, 1.54) is 6.07 Å². The number of carbonyl (C=O) groups is 1. The molecule has 0 radical (unpaired) electrons. The molecule has 0 atom stereocenters. The van der Waals surface area contributed by atoms with Crippen molar-refractivity contribution < 1.29 is 17.9 Å². The molecule has 1 aromatic carbocycles. The minimum absolute atomic E-state index is 0.204. The molecule has 3 rings (SSSR count). The van der Waals surface area contributed by atoms with Gasteiger partial charge >= 0.3 is 0 Å².